The van der Waals surface area contributed by atoms with Crippen LogP contribution in [-0.4, -0.2) is 79.0 Å². The number of ether oxygens (including phenoxy) is 1. The van der Waals surface area contributed by atoms with Crippen LogP contribution in [0.2, 0.25) is 0 Å². The Morgan fingerprint density at radius 1 is 1.24 bits per heavy atom. The Morgan fingerprint density at radius 3 is 2.58 bits per heavy atom. The molecule has 0 radical (unpaired) electrons. The van der Waals surface area contributed by atoms with Gasteiger partial charge in [0, 0.05) is 38.9 Å². The van der Waals surface area contributed by atoms with Crippen LogP contribution >= 0.6 is 11.8 Å². The maximum atomic E-state index is 13.0. The highest BCUT2D eigenvalue weighted by Crippen LogP contribution is 2.41. The third-order valence-electron chi connectivity index (χ3n) is 5.75. The summed E-state index contributed by atoms with van der Waals surface area (Å²) in [5.41, 5.74) is 1.27. The molecule has 1 saturated heterocycles. The summed E-state index contributed by atoms with van der Waals surface area (Å²) in [6, 6.07) is 5.11. The number of carbonyl (C=O) groups excluding carboxylic acids is 1. The summed E-state index contributed by atoms with van der Waals surface area (Å²) in [6.45, 7) is 6.53. The monoisotopic (exact) mass is 494 g/mol. The summed E-state index contributed by atoms with van der Waals surface area (Å²) >= 11 is 1.36. The molecule has 0 bridgehead atoms. The molecule has 1 aromatic heterocycles. The van der Waals surface area contributed by atoms with Crippen molar-refractivity contribution >= 4 is 39.3 Å². The predicted octanol–water partition coefficient (Wildman–Crippen LogP) is 2.13. The van der Waals surface area contributed by atoms with E-state index in [9.17, 15) is 13.2 Å². The molecule has 1 N–H and O–H groups in total. The highest BCUT2D eigenvalue weighted by atomic mass is 32.2. The lowest BCUT2D eigenvalue weighted by molar-refractivity contribution is -0.115. The van der Waals surface area contributed by atoms with E-state index in [4.69, 9.17) is 4.74 Å². The first-order valence-corrected chi connectivity index (χ1v) is 13.3. The van der Waals surface area contributed by atoms with E-state index in [0.717, 1.165) is 46.9 Å². The molecule has 1 atom stereocenters. The lowest BCUT2D eigenvalue weighted by Gasteiger charge is -2.28. The molecule has 2 heterocycles. The summed E-state index contributed by atoms with van der Waals surface area (Å²) in [6.07, 6.45) is 2.16. The average molecular weight is 495 g/mol. The highest BCUT2D eigenvalue weighted by molar-refractivity contribution is 8.00. The zero-order valence-electron chi connectivity index (χ0n) is 19.3. The van der Waals surface area contributed by atoms with Crippen LogP contribution in [0, 0.1) is 6.92 Å². The maximum absolute atomic E-state index is 13.0. The molecular formula is C21H30N6O4S2. The van der Waals surface area contributed by atoms with Crippen molar-refractivity contribution in [3.05, 3.63) is 23.8 Å². The largest absolute Gasteiger partial charge is 0.378 e. The van der Waals surface area contributed by atoms with E-state index in [2.05, 4.69) is 25.0 Å². The highest BCUT2D eigenvalue weighted by Gasteiger charge is 2.33. The Balaban J connectivity index is 1.49. The van der Waals surface area contributed by atoms with Gasteiger partial charge < -0.3 is 15.0 Å². The molecule has 1 saturated carbocycles. The van der Waals surface area contributed by atoms with E-state index in [1.165, 1.54) is 31.9 Å². The standard InChI is InChI=1S/C21H30N6O4S2/c1-14-5-8-17(33(29,30)25(3)4)13-18(14)22-19(28)15(2)32-21-24-23-20(27(21)16-6-7-16)26-9-11-31-12-10-26/h5,8,13,15-16H,6-7,9-12H2,1-4H3,(H,22,28). The number of thioether (sulfide) groups is 1. The third-order valence-corrected chi connectivity index (χ3v) is 8.62. The van der Waals surface area contributed by atoms with Crippen molar-refractivity contribution in [3.8, 4) is 0 Å². The molecule has 4 rings (SSSR count). The molecule has 1 aromatic carbocycles. The second-order valence-corrected chi connectivity index (χ2v) is 12.0. The molecule has 10 nitrogen and oxygen atoms in total. The van der Waals surface area contributed by atoms with Gasteiger partial charge in [0.15, 0.2) is 5.16 Å². The summed E-state index contributed by atoms with van der Waals surface area (Å²) in [5, 5.41) is 12.0. The first-order valence-electron chi connectivity index (χ1n) is 11.0. The van der Waals surface area contributed by atoms with Gasteiger partial charge in [-0.25, -0.2) is 12.7 Å². The van der Waals surface area contributed by atoms with Gasteiger partial charge in [0.05, 0.1) is 23.4 Å². The third kappa shape index (κ3) is 5.18. The number of rotatable bonds is 8. The van der Waals surface area contributed by atoms with E-state index >= 15 is 0 Å². The van der Waals surface area contributed by atoms with Crippen LogP contribution in [0.4, 0.5) is 11.6 Å². The second kappa shape index (κ2) is 9.61. The fourth-order valence-corrected chi connectivity index (χ4v) is 5.38. The number of hydrogen-bond acceptors (Lipinski definition) is 8. The van der Waals surface area contributed by atoms with Gasteiger partial charge >= 0.3 is 0 Å². The topological polar surface area (TPSA) is 110 Å². The van der Waals surface area contributed by atoms with E-state index in [0.29, 0.717) is 24.9 Å². The molecule has 1 aliphatic heterocycles. The van der Waals surface area contributed by atoms with Gasteiger partial charge in [-0.1, -0.05) is 17.8 Å². The number of nitrogens with one attached hydrogen (secondary N) is 1. The van der Waals surface area contributed by atoms with Crippen LogP contribution < -0.4 is 10.2 Å². The Bertz CT molecular complexity index is 1120. The van der Waals surface area contributed by atoms with Gasteiger partial charge in [0.2, 0.25) is 21.9 Å². The zero-order valence-corrected chi connectivity index (χ0v) is 20.9. The van der Waals surface area contributed by atoms with E-state index in [1.807, 2.05) is 13.8 Å². The first kappa shape index (κ1) is 24.0. The Kier molecular flexibility index (Phi) is 6.99. The van der Waals surface area contributed by atoms with Crippen LogP contribution in [0.5, 0.6) is 0 Å². The molecular weight excluding hydrogens is 464 g/mol. The number of nitrogens with zero attached hydrogens (tertiary/aromatic N) is 5. The molecule has 1 unspecified atom stereocenters. The number of amides is 1. The molecule has 2 fully saturated rings. The molecule has 1 aliphatic carbocycles. The molecule has 2 aromatic rings. The predicted molar refractivity (Wildman–Crippen MR) is 127 cm³/mol. The Labute approximate surface area is 198 Å². The molecule has 2 aliphatic rings. The number of aromatic nitrogens is 3. The van der Waals surface area contributed by atoms with Crippen molar-refractivity contribution in [2.45, 2.75) is 48.0 Å². The Morgan fingerprint density at radius 2 is 1.94 bits per heavy atom. The van der Waals surface area contributed by atoms with Crippen LogP contribution in [-0.2, 0) is 19.6 Å². The number of hydrogen-bond donors (Lipinski definition) is 1. The fourth-order valence-electron chi connectivity index (χ4n) is 3.53. The number of sulfonamides is 1. The number of carbonyl (C=O) groups is 1. The van der Waals surface area contributed by atoms with Gasteiger partial charge in [0.25, 0.3) is 0 Å². The van der Waals surface area contributed by atoms with Gasteiger partial charge in [0.1, 0.15) is 0 Å². The van der Waals surface area contributed by atoms with E-state index in [1.54, 1.807) is 12.1 Å². The van der Waals surface area contributed by atoms with Gasteiger partial charge in [-0.2, -0.15) is 0 Å². The number of benzene rings is 1. The SMILES string of the molecule is Cc1ccc(S(=O)(=O)N(C)C)cc1NC(=O)C(C)Sc1nnc(N2CCOCC2)n1C1CC1. The summed E-state index contributed by atoms with van der Waals surface area (Å²) in [5.74, 6) is 0.620. The molecule has 1 amide bonds. The minimum absolute atomic E-state index is 0.136. The van der Waals surface area contributed by atoms with Crippen LogP contribution in [0.1, 0.15) is 31.4 Å². The van der Waals surface area contributed by atoms with E-state index < -0.39 is 15.3 Å². The summed E-state index contributed by atoms with van der Waals surface area (Å²) in [4.78, 5) is 15.3. The maximum Gasteiger partial charge on any atom is 0.242 e. The average Bonchev–Trinajstić information content (AvgIpc) is 3.55. The van der Waals surface area contributed by atoms with Crippen molar-refractivity contribution in [2.24, 2.45) is 0 Å². The smallest absolute Gasteiger partial charge is 0.242 e. The molecule has 180 valence electrons. The number of morpholine rings is 1. The van der Waals surface area contributed by atoms with Gasteiger partial charge in [-0.15, -0.1) is 10.2 Å². The number of aryl methyl sites for hydroxylation is 1. The second-order valence-electron chi connectivity index (χ2n) is 8.50. The number of anilines is 2. The molecule has 0 spiro atoms. The lowest BCUT2D eigenvalue weighted by atomic mass is 10.2. The summed E-state index contributed by atoms with van der Waals surface area (Å²) in [7, 11) is -0.636. The Hall–Kier alpha value is -2.15. The minimum atomic E-state index is -3.60. The minimum Gasteiger partial charge on any atom is -0.378 e. The lowest BCUT2D eigenvalue weighted by Crippen LogP contribution is -2.38. The van der Waals surface area contributed by atoms with E-state index in [-0.39, 0.29) is 10.8 Å². The quantitative estimate of drug-likeness (QED) is 0.556. The van der Waals surface area contributed by atoms with Crippen molar-refractivity contribution < 1.29 is 17.9 Å². The zero-order chi connectivity index (χ0) is 23.8. The van der Waals surface area contributed by atoms with Crippen LogP contribution in [0.15, 0.2) is 28.3 Å². The van der Waals surface area contributed by atoms with Crippen molar-refractivity contribution in [3.63, 3.8) is 0 Å². The van der Waals surface area contributed by atoms with Gasteiger partial charge in [-0.3, -0.25) is 9.36 Å². The van der Waals surface area contributed by atoms with Crippen LogP contribution in [0.25, 0.3) is 0 Å². The van der Waals surface area contributed by atoms with Crippen LogP contribution in [0.3, 0.4) is 0 Å². The first-order chi connectivity index (χ1) is 15.7. The van der Waals surface area contributed by atoms with Crippen molar-refractivity contribution in [1.82, 2.24) is 19.1 Å². The normalized spacial score (nSPS) is 17.9. The van der Waals surface area contributed by atoms with Gasteiger partial charge in [-0.05, 0) is 44.4 Å². The summed E-state index contributed by atoms with van der Waals surface area (Å²) < 4.78 is 33.7. The van der Waals surface area contributed by atoms with Crippen molar-refractivity contribution in [1.29, 1.82) is 0 Å². The molecule has 33 heavy (non-hydrogen) atoms. The van der Waals surface area contributed by atoms with Crippen molar-refractivity contribution in [2.75, 3.05) is 50.6 Å². The molecule has 12 heteroatoms. The fraction of sp³-hybridized carbons (Fsp3) is 0.571.